The second-order valence-electron chi connectivity index (χ2n) is 7.38. The van der Waals surface area contributed by atoms with Crippen LogP contribution in [0.5, 0.6) is 0 Å². The van der Waals surface area contributed by atoms with Crippen molar-refractivity contribution in [2.24, 2.45) is 5.92 Å². The van der Waals surface area contributed by atoms with Gasteiger partial charge in [-0.2, -0.15) is 0 Å². The molecule has 116 valence electrons. The van der Waals surface area contributed by atoms with Crippen LogP contribution in [-0.2, 0) is 10.2 Å². The summed E-state index contributed by atoms with van der Waals surface area (Å²) in [6, 6.07) is 0.510. The number of rotatable bonds is 2. The number of hydrogen-bond acceptors (Lipinski definition) is 4. The highest BCUT2D eigenvalue weighted by molar-refractivity contribution is 7.14. The van der Waals surface area contributed by atoms with Crippen molar-refractivity contribution < 1.29 is 4.79 Å². The SMILES string of the molecule is CC(C)(C)c1csc(NC(=O)C2CC3CCCCC3N2)n1. The summed E-state index contributed by atoms with van der Waals surface area (Å²) < 4.78 is 0. The highest BCUT2D eigenvalue weighted by atomic mass is 32.1. The van der Waals surface area contributed by atoms with E-state index in [2.05, 4.69) is 36.4 Å². The average Bonchev–Trinajstić information content (AvgIpc) is 3.03. The van der Waals surface area contributed by atoms with E-state index in [0.29, 0.717) is 12.0 Å². The van der Waals surface area contributed by atoms with Gasteiger partial charge in [0.1, 0.15) is 0 Å². The zero-order chi connectivity index (χ0) is 15.0. The van der Waals surface area contributed by atoms with E-state index < -0.39 is 0 Å². The lowest BCUT2D eigenvalue weighted by molar-refractivity contribution is -0.117. The fourth-order valence-electron chi connectivity index (χ4n) is 3.39. The van der Waals surface area contributed by atoms with Crippen LogP contribution >= 0.6 is 11.3 Å². The van der Waals surface area contributed by atoms with Gasteiger partial charge in [0.25, 0.3) is 0 Å². The van der Waals surface area contributed by atoms with Crippen molar-refractivity contribution in [3.63, 3.8) is 0 Å². The fourth-order valence-corrected chi connectivity index (χ4v) is 4.33. The lowest BCUT2D eigenvalue weighted by Crippen LogP contribution is -2.39. The quantitative estimate of drug-likeness (QED) is 0.881. The van der Waals surface area contributed by atoms with Crippen molar-refractivity contribution in [3.05, 3.63) is 11.1 Å². The Morgan fingerprint density at radius 2 is 2.14 bits per heavy atom. The maximum atomic E-state index is 12.4. The molecule has 2 aliphatic rings. The Kier molecular flexibility index (Phi) is 4.06. The molecule has 3 unspecified atom stereocenters. The number of thiazole rings is 1. The number of nitrogens with one attached hydrogen (secondary N) is 2. The number of fused-ring (bicyclic) bond motifs is 1. The fraction of sp³-hybridized carbons (Fsp3) is 0.750. The smallest absolute Gasteiger partial charge is 0.243 e. The van der Waals surface area contributed by atoms with Gasteiger partial charge in [0.2, 0.25) is 5.91 Å². The third kappa shape index (κ3) is 3.29. The third-order valence-corrected chi connectivity index (χ3v) is 5.44. The number of anilines is 1. The van der Waals surface area contributed by atoms with Crippen LogP contribution < -0.4 is 10.6 Å². The zero-order valence-electron chi connectivity index (χ0n) is 13.1. The third-order valence-electron chi connectivity index (χ3n) is 4.68. The Hall–Kier alpha value is -0.940. The summed E-state index contributed by atoms with van der Waals surface area (Å²) >= 11 is 1.52. The summed E-state index contributed by atoms with van der Waals surface area (Å²) in [7, 11) is 0. The normalized spacial score (nSPS) is 29.2. The van der Waals surface area contributed by atoms with Gasteiger partial charge in [0.05, 0.1) is 11.7 Å². The first-order chi connectivity index (χ1) is 9.93. The van der Waals surface area contributed by atoms with Crippen LogP contribution in [-0.4, -0.2) is 23.0 Å². The van der Waals surface area contributed by atoms with Gasteiger partial charge in [-0.15, -0.1) is 11.3 Å². The van der Waals surface area contributed by atoms with Gasteiger partial charge < -0.3 is 10.6 Å². The van der Waals surface area contributed by atoms with Gasteiger partial charge in [-0.05, 0) is 25.2 Å². The van der Waals surface area contributed by atoms with E-state index in [1.54, 1.807) is 0 Å². The van der Waals surface area contributed by atoms with Crippen LogP contribution in [0.3, 0.4) is 0 Å². The Morgan fingerprint density at radius 3 is 2.81 bits per heavy atom. The van der Waals surface area contributed by atoms with Crippen LogP contribution in [0, 0.1) is 5.92 Å². The molecule has 3 atom stereocenters. The Morgan fingerprint density at radius 1 is 1.38 bits per heavy atom. The minimum absolute atomic E-state index is 0.0278. The van der Waals surface area contributed by atoms with E-state index in [0.717, 1.165) is 17.2 Å². The van der Waals surface area contributed by atoms with Crippen molar-refractivity contribution in [1.29, 1.82) is 0 Å². The van der Waals surface area contributed by atoms with E-state index in [9.17, 15) is 4.79 Å². The molecule has 3 rings (SSSR count). The molecule has 5 heteroatoms. The molecular weight excluding hydrogens is 282 g/mol. The van der Waals surface area contributed by atoms with Crippen LogP contribution in [0.2, 0.25) is 0 Å². The number of amides is 1. The summed E-state index contributed by atoms with van der Waals surface area (Å²) in [6.45, 7) is 6.41. The first kappa shape index (κ1) is 15.0. The molecule has 1 aromatic rings. The predicted octanol–water partition coefficient (Wildman–Crippen LogP) is 3.30. The maximum Gasteiger partial charge on any atom is 0.243 e. The first-order valence-electron chi connectivity index (χ1n) is 7.96. The second-order valence-corrected chi connectivity index (χ2v) is 8.24. The molecule has 21 heavy (non-hydrogen) atoms. The molecule has 1 saturated heterocycles. The molecule has 1 saturated carbocycles. The molecule has 0 spiro atoms. The van der Waals surface area contributed by atoms with Crippen LogP contribution in [0.1, 0.15) is 58.6 Å². The summed E-state index contributed by atoms with van der Waals surface area (Å²) in [6.07, 6.45) is 6.09. The van der Waals surface area contributed by atoms with Crippen LogP contribution in [0.4, 0.5) is 5.13 Å². The number of carbonyl (C=O) groups is 1. The minimum atomic E-state index is -0.0416. The minimum Gasteiger partial charge on any atom is -0.303 e. The van der Waals surface area contributed by atoms with Gasteiger partial charge >= 0.3 is 0 Å². The topological polar surface area (TPSA) is 54.0 Å². The standard InChI is InChI=1S/C16H25N3OS/c1-16(2,3)13-9-21-15(18-13)19-14(20)12-8-10-6-4-5-7-11(10)17-12/h9-12,17H,4-8H2,1-3H3,(H,18,19,20). The van der Waals surface area contributed by atoms with Gasteiger partial charge in [0, 0.05) is 16.8 Å². The number of nitrogens with zero attached hydrogens (tertiary/aromatic N) is 1. The average molecular weight is 307 g/mol. The molecule has 2 heterocycles. The van der Waals surface area contributed by atoms with Crippen LogP contribution in [0.25, 0.3) is 0 Å². The first-order valence-corrected chi connectivity index (χ1v) is 8.84. The molecule has 2 fully saturated rings. The molecule has 4 nitrogen and oxygen atoms in total. The lowest BCUT2D eigenvalue weighted by atomic mass is 9.85. The molecule has 2 N–H and O–H groups in total. The second kappa shape index (κ2) is 5.69. The van der Waals surface area contributed by atoms with Crippen LogP contribution in [0.15, 0.2) is 5.38 Å². The zero-order valence-corrected chi connectivity index (χ0v) is 13.9. The van der Waals surface area contributed by atoms with Crippen molar-refractivity contribution >= 4 is 22.4 Å². The number of carbonyl (C=O) groups excluding carboxylic acids is 1. The molecule has 1 aliphatic carbocycles. The molecular formula is C16H25N3OS. The largest absolute Gasteiger partial charge is 0.303 e. The molecule has 0 bridgehead atoms. The molecule has 1 aliphatic heterocycles. The molecule has 1 aromatic heterocycles. The summed E-state index contributed by atoms with van der Waals surface area (Å²) in [5.41, 5.74) is 1.07. The van der Waals surface area contributed by atoms with E-state index in [1.165, 1.54) is 37.0 Å². The maximum absolute atomic E-state index is 12.4. The van der Waals surface area contributed by atoms with Gasteiger partial charge in [-0.3, -0.25) is 4.79 Å². The van der Waals surface area contributed by atoms with E-state index >= 15 is 0 Å². The van der Waals surface area contributed by atoms with Crippen molar-refractivity contribution in [2.45, 2.75) is 70.4 Å². The molecule has 0 radical (unpaired) electrons. The van der Waals surface area contributed by atoms with Crippen molar-refractivity contribution in [3.8, 4) is 0 Å². The predicted molar refractivity (Wildman–Crippen MR) is 86.7 cm³/mol. The Bertz CT molecular complexity index is 506. The highest BCUT2D eigenvalue weighted by Crippen LogP contribution is 2.34. The van der Waals surface area contributed by atoms with E-state index in [1.807, 2.05) is 5.38 Å². The summed E-state index contributed by atoms with van der Waals surface area (Å²) in [5, 5.41) is 9.27. The molecule has 1 amide bonds. The van der Waals surface area contributed by atoms with Gasteiger partial charge in [-0.25, -0.2) is 4.98 Å². The van der Waals surface area contributed by atoms with Crippen molar-refractivity contribution in [1.82, 2.24) is 10.3 Å². The van der Waals surface area contributed by atoms with E-state index in [-0.39, 0.29) is 17.4 Å². The number of hydrogen-bond donors (Lipinski definition) is 2. The number of aromatic nitrogens is 1. The monoisotopic (exact) mass is 307 g/mol. The Labute approximate surface area is 130 Å². The van der Waals surface area contributed by atoms with E-state index in [4.69, 9.17) is 0 Å². The van der Waals surface area contributed by atoms with Gasteiger partial charge in [-0.1, -0.05) is 33.6 Å². The lowest BCUT2D eigenvalue weighted by Gasteiger charge is -2.24. The van der Waals surface area contributed by atoms with Gasteiger partial charge in [0.15, 0.2) is 5.13 Å². The molecule has 0 aromatic carbocycles. The highest BCUT2D eigenvalue weighted by Gasteiger charge is 2.38. The van der Waals surface area contributed by atoms with Crippen molar-refractivity contribution in [2.75, 3.05) is 5.32 Å². The summed E-state index contributed by atoms with van der Waals surface area (Å²) in [4.78, 5) is 17.0. The summed E-state index contributed by atoms with van der Waals surface area (Å²) in [5.74, 6) is 0.773. The Balaban J connectivity index is 1.60.